The minimum absolute atomic E-state index is 0.117. The van der Waals surface area contributed by atoms with E-state index in [9.17, 15) is 4.79 Å². The summed E-state index contributed by atoms with van der Waals surface area (Å²) in [4.78, 5) is 13.8. The first-order valence-corrected chi connectivity index (χ1v) is 9.46. The first-order chi connectivity index (χ1) is 14.4. The second kappa shape index (κ2) is 9.49. The van der Waals surface area contributed by atoms with Crippen LogP contribution in [0.2, 0.25) is 5.02 Å². The highest BCUT2D eigenvalue weighted by Crippen LogP contribution is 2.31. The summed E-state index contributed by atoms with van der Waals surface area (Å²) in [5.41, 5.74) is 1.56. The lowest BCUT2D eigenvalue weighted by Crippen LogP contribution is -2.31. The van der Waals surface area contributed by atoms with Gasteiger partial charge in [0.25, 0.3) is 5.91 Å². The van der Waals surface area contributed by atoms with Gasteiger partial charge in [0.05, 0.1) is 20.8 Å². The molecule has 0 radical (unpaired) electrons. The Morgan fingerprint density at radius 3 is 2.57 bits per heavy atom. The van der Waals surface area contributed by atoms with E-state index in [0.29, 0.717) is 39.6 Å². The Balaban J connectivity index is 1.60. The molecule has 0 atom stereocenters. The van der Waals surface area contributed by atoms with Crippen LogP contribution < -0.4 is 14.2 Å². The van der Waals surface area contributed by atoms with E-state index in [4.69, 9.17) is 30.2 Å². The fraction of sp³-hybridized carbons (Fsp3) is 0.286. The Kier molecular flexibility index (Phi) is 6.79. The van der Waals surface area contributed by atoms with Crippen LogP contribution in [-0.4, -0.2) is 48.9 Å². The minimum Gasteiger partial charge on any atom is -0.493 e. The van der Waals surface area contributed by atoms with Crippen molar-refractivity contribution in [1.82, 2.24) is 15.1 Å². The molecule has 2 aromatic carbocycles. The molecule has 0 fully saturated rings. The molecule has 1 amide bonds. The molecule has 158 valence electrons. The van der Waals surface area contributed by atoms with Crippen molar-refractivity contribution >= 4 is 17.5 Å². The number of aryl methyl sites for hydroxylation is 1. The molecule has 0 saturated heterocycles. The molecular formula is C21H22ClN3O5. The van der Waals surface area contributed by atoms with E-state index in [2.05, 4.69) is 10.2 Å². The van der Waals surface area contributed by atoms with E-state index in [1.165, 1.54) is 4.90 Å². The molecule has 1 heterocycles. The Morgan fingerprint density at radius 1 is 1.10 bits per heavy atom. The van der Waals surface area contributed by atoms with Crippen molar-refractivity contribution < 1.29 is 23.4 Å². The molecule has 0 aliphatic rings. The highest BCUT2D eigenvalue weighted by Gasteiger charge is 2.16. The normalized spacial score (nSPS) is 10.6. The number of carbonyl (C=O) groups excluding carboxylic acids is 1. The van der Waals surface area contributed by atoms with Crippen molar-refractivity contribution in [2.75, 3.05) is 27.9 Å². The van der Waals surface area contributed by atoms with Crippen LogP contribution in [0.15, 0.2) is 40.8 Å². The number of carbonyl (C=O) groups is 1. The van der Waals surface area contributed by atoms with Gasteiger partial charge in [-0.2, -0.15) is 0 Å². The molecule has 3 aromatic rings. The summed E-state index contributed by atoms with van der Waals surface area (Å²) in [6.45, 7) is 1.91. The molecule has 3 rings (SSSR count). The van der Waals surface area contributed by atoms with Gasteiger partial charge in [0, 0.05) is 17.6 Å². The SMILES string of the molecule is COc1ccc(-c2nnc(CN(C)C(=O)COc3ccc(Cl)c(C)c3)o2)cc1OC. The smallest absolute Gasteiger partial charge is 0.260 e. The van der Waals surface area contributed by atoms with E-state index in [0.717, 1.165) is 5.56 Å². The molecule has 0 saturated carbocycles. The van der Waals surface area contributed by atoms with Gasteiger partial charge >= 0.3 is 0 Å². The minimum atomic E-state index is -0.228. The molecule has 0 aliphatic carbocycles. The second-order valence-electron chi connectivity index (χ2n) is 6.52. The average molecular weight is 432 g/mol. The van der Waals surface area contributed by atoms with Gasteiger partial charge in [0.15, 0.2) is 18.1 Å². The summed E-state index contributed by atoms with van der Waals surface area (Å²) in [7, 11) is 4.75. The number of methoxy groups -OCH3 is 2. The van der Waals surface area contributed by atoms with E-state index < -0.39 is 0 Å². The number of halogens is 1. The molecule has 9 heteroatoms. The number of likely N-dealkylation sites (N-methyl/N-ethyl adjacent to an activating group) is 1. The first kappa shape index (κ1) is 21.4. The van der Waals surface area contributed by atoms with Crippen molar-refractivity contribution in [1.29, 1.82) is 0 Å². The number of amides is 1. The number of ether oxygens (including phenoxy) is 3. The number of benzene rings is 2. The Bertz CT molecular complexity index is 1040. The quantitative estimate of drug-likeness (QED) is 0.536. The number of hydrogen-bond donors (Lipinski definition) is 0. The molecule has 0 bridgehead atoms. The fourth-order valence-electron chi connectivity index (χ4n) is 2.66. The summed E-state index contributed by atoms with van der Waals surface area (Å²) >= 11 is 6.00. The van der Waals surface area contributed by atoms with Gasteiger partial charge < -0.3 is 23.5 Å². The molecule has 0 aliphatic heterocycles. The van der Waals surface area contributed by atoms with Gasteiger partial charge in [-0.25, -0.2) is 0 Å². The average Bonchev–Trinajstić information content (AvgIpc) is 3.22. The third-order valence-electron chi connectivity index (χ3n) is 4.39. The maximum Gasteiger partial charge on any atom is 0.260 e. The summed E-state index contributed by atoms with van der Waals surface area (Å²) < 4.78 is 21.7. The van der Waals surface area contributed by atoms with Crippen LogP contribution >= 0.6 is 11.6 Å². The van der Waals surface area contributed by atoms with Crippen LogP contribution in [0.3, 0.4) is 0 Å². The van der Waals surface area contributed by atoms with E-state index in [1.807, 2.05) is 6.92 Å². The summed E-state index contributed by atoms with van der Waals surface area (Å²) in [5.74, 6) is 2.12. The Morgan fingerprint density at radius 2 is 1.87 bits per heavy atom. The van der Waals surface area contributed by atoms with Crippen LogP contribution in [0.4, 0.5) is 0 Å². The number of aromatic nitrogens is 2. The third kappa shape index (κ3) is 5.01. The molecular weight excluding hydrogens is 410 g/mol. The Hall–Kier alpha value is -3.26. The third-order valence-corrected chi connectivity index (χ3v) is 4.81. The van der Waals surface area contributed by atoms with Crippen LogP contribution in [-0.2, 0) is 11.3 Å². The lowest BCUT2D eigenvalue weighted by molar-refractivity contribution is -0.132. The van der Waals surface area contributed by atoms with Crippen molar-refractivity contribution in [2.45, 2.75) is 13.5 Å². The van der Waals surface area contributed by atoms with E-state index in [1.54, 1.807) is 57.7 Å². The number of rotatable bonds is 8. The lowest BCUT2D eigenvalue weighted by atomic mass is 10.2. The lowest BCUT2D eigenvalue weighted by Gasteiger charge is -2.15. The van der Waals surface area contributed by atoms with Crippen molar-refractivity contribution in [2.24, 2.45) is 0 Å². The Labute approximate surface area is 179 Å². The van der Waals surface area contributed by atoms with Crippen LogP contribution in [0, 0.1) is 6.92 Å². The van der Waals surface area contributed by atoms with Gasteiger partial charge in [-0.3, -0.25) is 4.79 Å². The van der Waals surface area contributed by atoms with Crippen LogP contribution in [0.1, 0.15) is 11.5 Å². The zero-order valence-electron chi connectivity index (χ0n) is 17.1. The number of hydrogen-bond acceptors (Lipinski definition) is 7. The maximum atomic E-state index is 12.4. The molecule has 0 unspecified atom stereocenters. The van der Waals surface area contributed by atoms with E-state index in [-0.39, 0.29) is 19.1 Å². The predicted molar refractivity (Wildman–Crippen MR) is 111 cm³/mol. The van der Waals surface area contributed by atoms with E-state index >= 15 is 0 Å². The molecule has 0 spiro atoms. The summed E-state index contributed by atoms with van der Waals surface area (Å²) in [5, 5.41) is 8.71. The van der Waals surface area contributed by atoms with Gasteiger partial charge in [-0.15, -0.1) is 10.2 Å². The van der Waals surface area contributed by atoms with Crippen LogP contribution in [0.5, 0.6) is 17.2 Å². The van der Waals surface area contributed by atoms with Crippen molar-refractivity contribution in [3.8, 4) is 28.7 Å². The predicted octanol–water partition coefficient (Wildman–Crippen LogP) is 3.75. The molecule has 0 N–H and O–H groups in total. The summed E-state index contributed by atoms with van der Waals surface area (Å²) in [6.07, 6.45) is 0. The molecule has 30 heavy (non-hydrogen) atoms. The summed E-state index contributed by atoms with van der Waals surface area (Å²) in [6, 6.07) is 10.5. The standard InChI is InChI=1S/C21H22ClN3O5/c1-13-9-15(6-7-16(13)22)29-12-20(26)25(2)11-19-23-24-21(30-19)14-5-8-17(27-3)18(10-14)28-4/h5-10H,11-12H2,1-4H3. The maximum absolute atomic E-state index is 12.4. The number of nitrogens with zero attached hydrogens (tertiary/aromatic N) is 3. The zero-order valence-corrected chi connectivity index (χ0v) is 17.9. The van der Waals surface area contributed by atoms with Gasteiger partial charge in [0.2, 0.25) is 11.8 Å². The molecule has 8 nitrogen and oxygen atoms in total. The topological polar surface area (TPSA) is 86.9 Å². The van der Waals surface area contributed by atoms with Gasteiger partial charge in [0.1, 0.15) is 5.75 Å². The first-order valence-electron chi connectivity index (χ1n) is 9.09. The highest BCUT2D eigenvalue weighted by molar-refractivity contribution is 6.31. The van der Waals surface area contributed by atoms with Gasteiger partial charge in [-0.1, -0.05) is 11.6 Å². The van der Waals surface area contributed by atoms with Gasteiger partial charge in [-0.05, 0) is 48.9 Å². The zero-order chi connectivity index (χ0) is 21.7. The molecule has 1 aromatic heterocycles. The monoisotopic (exact) mass is 431 g/mol. The fourth-order valence-corrected chi connectivity index (χ4v) is 2.77. The second-order valence-corrected chi connectivity index (χ2v) is 6.93. The van der Waals surface area contributed by atoms with Crippen molar-refractivity contribution in [3.63, 3.8) is 0 Å². The van der Waals surface area contributed by atoms with Crippen molar-refractivity contribution in [3.05, 3.63) is 52.9 Å². The van der Waals surface area contributed by atoms with Crippen LogP contribution in [0.25, 0.3) is 11.5 Å². The largest absolute Gasteiger partial charge is 0.493 e. The highest BCUT2D eigenvalue weighted by atomic mass is 35.5.